The summed E-state index contributed by atoms with van der Waals surface area (Å²) in [6.07, 6.45) is 0.610. The third kappa shape index (κ3) is 3.91. The number of nitriles is 1. The topological polar surface area (TPSA) is 74.5 Å². The van der Waals surface area contributed by atoms with Crippen LogP contribution in [0.5, 0.6) is 11.5 Å². The summed E-state index contributed by atoms with van der Waals surface area (Å²) in [5, 5.41) is 20.9. The molecule has 2 N–H and O–H groups in total. The minimum absolute atomic E-state index is 0.104. The van der Waals surface area contributed by atoms with E-state index in [0.717, 1.165) is 5.56 Å². The summed E-state index contributed by atoms with van der Waals surface area (Å²) in [6.45, 7) is 0.681. The summed E-state index contributed by atoms with van der Waals surface area (Å²) in [5.74, 6) is 1.29. The van der Waals surface area contributed by atoms with Crippen LogP contribution in [0.15, 0.2) is 18.2 Å². The van der Waals surface area contributed by atoms with Gasteiger partial charge in [-0.1, -0.05) is 0 Å². The molecule has 0 radical (unpaired) electrons. The quantitative estimate of drug-likeness (QED) is 0.712. The van der Waals surface area contributed by atoms with Crippen molar-refractivity contribution in [3.05, 3.63) is 23.8 Å². The highest BCUT2D eigenvalue weighted by Crippen LogP contribution is 2.26. The number of hydrogen-bond donors (Lipinski definition) is 2. The van der Waals surface area contributed by atoms with Crippen molar-refractivity contribution in [1.29, 1.82) is 5.26 Å². The SMILES string of the molecule is COc1cc(OC)cc(C(C#N)NCCCO)c1. The highest BCUT2D eigenvalue weighted by atomic mass is 16.5. The lowest BCUT2D eigenvalue weighted by Gasteiger charge is -2.14. The van der Waals surface area contributed by atoms with Crippen LogP contribution in [0.2, 0.25) is 0 Å². The number of methoxy groups -OCH3 is 2. The molecule has 0 fully saturated rings. The van der Waals surface area contributed by atoms with E-state index in [1.807, 2.05) is 0 Å². The zero-order valence-electron chi connectivity index (χ0n) is 10.6. The molecule has 0 heterocycles. The number of benzene rings is 1. The predicted molar refractivity (Wildman–Crippen MR) is 67.6 cm³/mol. The molecule has 18 heavy (non-hydrogen) atoms. The van der Waals surface area contributed by atoms with Crippen molar-refractivity contribution < 1.29 is 14.6 Å². The van der Waals surface area contributed by atoms with Crippen LogP contribution in [-0.4, -0.2) is 32.5 Å². The Morgan fingerprint density at radius 2 is 1.89 bits per heavy atom. The number of rotatable bonds is 7. The number of aliphatic hydroxyl groups is 1. The first-order valence-corrected chi connectivity index (χ1v) is 5.72. The Hall–Kier alpha value is -1.77. The molecule has 0 aromatic heterocycles. The summed E-state index contributed by atoms with van der Waals surface area (Å²) < 4.78 is 10.3. The molecule has 1 unspecified atom stereocenters. The van der Waals surface area contributed by atoms with Crippen LogP contribution in [0.4, 0.5) is 0 Å². The van der Waals surface area contributed by atoms with E-state index in [1.54, 1.807) is 32.4 Å². The number of hydrogen-bond acceptors (Lipinski definition) is 5. The van der Waals surface area contributed by atoms with Gasteiger partial charge in [-0.3, -0.25) is 5.32 Å². The zero-order valence-corrected chi connectivity index (χ0v) is 10.6. The van der Waals surface area contributed by atoms with E-state index in [1.165, 1.54) is 0 Å². The van der Waals surface area contributed by atoms with Crippen molar-refractivity contribution >= 4 is 0 Å². The van der Waals surface area contributed by atoms with Gasteiger partial charge in [0.15, 0.2) is 0 Å². The van der Waals surface area contributed by atoms with E-state index < -0.39 is 6.04 Å². The highest BCUT2D eigenvalue weighted by Gasteiger charge is 2.12. The van der Waals surface area contributed by atoms with Crippen LogP contribution in [0.25, 0.3) is 0 Å². The summed E-state index contributed by atoms with van der Waals surface area (Å²) in [6, 6.07) is 7.08. The third-order valence-electron chi connectivity index (χ3n) is 2.52. The summed E-state index contributed by atoms with van der Waals surface area (Å²) in [5.41, 5.74) is 0.784. The minimum Gasteiger partial charge on any atom is -0.497 e. The fourth-order valence-electron chi connectivity index (χ4n) is 1.56. The Bertz CT molecular complexity index is 393. The molecule has 5 heteroatoms. The molecule has 1 aromatic carbocycles. The van der Waals surface area contributed by atoms with Crippen LogP contribution in [-0.2, 0) is 0 Å². The number of nitrogens with one attached hydrogen (secondary N) is 1. The predicted octanol–water partition coefficient (Wildman–Crippen LogP) is 1.24. The van der Waals surface area contributed by atoms with E-state index in [9.17, 15) is 0 Å². The molecule has 1 aromatic rings. The molecule has 0 aliphatic rings. The standard InChI is InChI=1S/C13H18N2O3/c1-17-11-6-10(7-12(8-11)18-2)13(9-14)15-4-3-5-16/h6-8,13,15-16H,3-5H2,1-2H3. The van der Waals surface area contributed by atoms with Crippen LogP contribution < -0.4 is 14.8 Å². The van der Waals surface area contributed by atoms with Gasteiger partial charge in [-0.15, -0.1) is 0 Å². The Balaban J connectivity index is 2.87. The van der Waals surface area contributed by atoms with Gasteiger partial charge in [0, 0.05) is 12.7 Å². The molecular weight excluding hydrogens is 232 g/mol. The Morgan fingerprint density at radius 1 is 1.28 bits per heavy atom. The van der Waals surface area contributed by atoms with Gasteiger partial charge in [0.2, 0.25) is 0 Å². The first-order chi connectivity index (χ1) is 8.74. The average Bonchev–Trinajstić information content (AvgIpc) is 2.43. The van der Waals surface area contributed by atoms with Crippen molar-refractivity contribution in [2.75, 3.05) is 27.4 Å². The molecule has 0 saturated heterocycles. The summed E-state index contributed by atoms with van der Waals surface area (Å²) >= 11 is 0. The van der Waals surface area contributed by atoms with Gasteiger partial charge < -0.3 is 14.6 Å². The van der Waals surface area contributed by atoms with Crippen LogP contribution in [0.3, 0.4) is 0 Å². The second-order valence-corrected chi connectivity index (χ2v) is 3.74. The van der Waals surface area contributed by atoms with Crippen molar-refractivity contribution in [2.24, 2.45) is 0 Å². The van der Waals surface area contributed by atoms with Crippen molar-refractivity contribution in [3.8, 4) is 17.6 Å². The van der Waals surface area contributed by atoms with Gasteiger partial charge in [-0.2, -0.15) is 5.26 Å². The monoisotopic (exact) mass is 250 g/mol. The van der Waals surface area contributed by atoms with E-state index in [2.05, 4.69) is 11.4 Å². The van der Waals surface area contributed by atoms with Gasteiger partial charge in [-0.05, 0) is 30.7 Å². The lowest BCUT2D eigenvalue weighted by molar-refractivity contribution is 0.285. The number of aliphatic hydroxyl groups excluding tert-OH is 1. The van der Waals surface area contributed by atoms with Crippen molar-refractivity contribution in [3.63, 3.8) is 0 Å². The average molecular weight is 250 g/mol. The molecule has 0 spiro atoms. The zero-order chi connectivity index (χ0) is 13.4. The molecule has 0 aliphatic heterocycles. The summed E-state index contributed by atoms with van der Waals surface area (Å²) in [4.78, 5) is 0. The van der Waals surface area contributed by atoms with Gasteiger partial charge in [0.05, 0.1) is 20.3 Å². The van der Waals surface area contributed by atoms with Gasteiger partial charge in [0.1, 0.15) is 17.5 Å². The molecule has 0 saturated carbocycles. The molecule has 0 bridgehead atoms. The molecule has 1 atom stereocenters. The maximum absolute atomic E-state index is 9.15. The molecule has 98 valence electrons. The maximum Gasteiger partial charge on any atom is 0.122 e. The fourth-order valence-corrected chi connectivity index (χ4v) is 1.56. The van der Waals surface area contributed by atoms with Crippen LogP contribution >= 0.6 is 0 Å². The molecule has 1 rings (SSSR count). The normalized spacial score (nSPS) is 11.7. The molecule has 0 aliphatic carbocycles. The summed E-state index contributed by atoms with van der Waals surface area (Å²) in [7, 11) is 3.14. The lowest BCUT2D eigenvalue weighted by Crippen LogP contribution is -2.21. The van der Waals surface area contributed by atoms with E-state index in [-0.39, 0.29) is 6.61 Å². The largest absolute Gasteiger partial charge is 0.497 e. The van der Waals surface area contributed by atoms with Gasteiger partial charge >= 0.3 is 0 Å². The first kappa shape index (κ1) is 14.3. The highest BCUT2D eigenvalue weighted by molar-refractivity contribution is 5.41. The second kappa shape index (κ2) is 7.54. The Morgan fingerprint density at radius 3 is 2.33 bits per heavy atom. The van der Waals surface area contributed by atoms with Crippen molar-refractivity contribution in [2.45, 2.75) is 12.5 Å². The molecule has 0 amide bonds. The Labute approximate surface area is 107 Å². The van der Waals surface area contributed by atoms with E-state index >= 15 is 0 Å². The van der Waals surface area contributed by atoms with Crippen LogP contribution in [0.1, 0.15) is 18.0 Å². The number of nitrogens with zero attached hydrogens (tertiary/aromatic N) is 1. The smallest absolute Gasteiger partial charge is 0.122 e. The van der Waals surface area contributed by atoms with Crippen molar-refractivity contribution in [1.82, 2.24) is 5.32 Å². The maximum atomic E-state index is 9.15. The molecular formula is C13H18N2O3. The van der Waals surface area contributed by atoms with Gasteiger partial charge in [-0.25, -0.2) is 0 Å². The molecule has 5 nitrogen and oxygen atoms in total. The Kier molecular flexibility index (Phi) is 5.98. The van der Waals surface area contributed by atoms with Gasteiger partial charge in [0.25, 0.3) is 0 Å². The first-order valence-electron chi connectivity index (χ1n) is 5.72. The van der Waals surface area contributed by atoms with Crippen LogP contribution in [0, 0.1) is 11.3 Å². The van der Waals surface area contributed by atoms with E-state index in [4.69, 9.17) is 19.8 Å². The second-order valence-electron chi connectivity index (χ2n) is 3.74. The number of ether oxygens (including phenoxy) is 2. The lowest BCUT2D eigenvalue weighted by atomic mass is 10.1. The minimum atomic E-state index is -0.444. The fraction of sp³-hybridized carbons (Fsp3) is 0.462. The van der Waals surface area contributed by atoms with E-state index in [0.29, 0.717) is 24.5 Å². The third-order valence-corrected chi connectivity index (χ3v) is 2.52.